The van der Waals surface area contributed by atoms with Crippen LogP contribution in [-0.4, -0.2) is 71.0 Å². The zero-order valence-corrected chi connectivity index (χ0v) is 14.7. The number of aromatic nitrogens is 2. The fraction of sp³-hybridized carbons (Fsp3) is 0.667. The summed E-state index contributed by atoms with van der Waals surface area (Å²) in [4.78, 5) is 43.3. The van der Waals surface area contributed by atoms with Gasteiger partial charge in [0, 0.05) is 27.2 Å². The molecule has 0 bridgehead atoms. The van der Waals surface area contributed by atoms with Crippen LogP contribution in [0.5, 0.6) is 0 Å². The van der Waals surface area contributed by atoms with Crippen LogP contribution in [0.4, 0.5) is 4.79 Å². The molecule has 1 fully saturated rings. The molecule has 0 aliphatic carbocycles. The average Bonchev–Trinajstić information content (AvgIpc) is 3.09. The Bertz CT molecular complexity index is 631. The maximum Gasteiger partial charge on any atom is 0.318 e. The smallest absolute Gasteiger partial charge is 0.318 e. The Morgan fingerprint density at radius 1 is 1.36 bits per heavy atom. The molecule has 4 amide bonds. The maximum atomic E-state index is 12.5. The summed E-state index contributed by atoms with van der Waals surface area (Å²) in [6.45, 7) is 3.00. The predicted molar refractivity (Wildman–Crippen MR) is 87.6 cm³/mol. The number of nitrogens with one attached hydrogen (secondary N) is 2. The molecule has 0 unspecified atom stereocenters. The second kappa shape index (κ2) is 8.45. The lowest BCUT2D eigenvalue weighted by atomic mass is 10.0. The molecule has 0 spiro atoms. The summed E-state index contributed by atoms with van der Waals surface area (Å²) in [5.74, 6) is -0.486. The van der Waals surface area contributed by atoms with E-state index in [9.17, 15) is 14.4 Å². The van der Waals surface area contributed by atoms with Gasteiger partial charge in [0.2, 0.25) is 11.8 Å². The van der Waals surface area contributed by atoms with Gasteiger partial charge in [-0.3, -0.25) is 9.59 Å². The van der Waals surface area contributed by atoms with E-state index in [4.69, 9.17) is 4.52 Å². The van der Waals surface area contributed by atoms with Gasteiger partial charge < -0.3 is 25.0 Å². The van der Waals surface area contributed by atoms with Crippen molar-refractivity contribution in [2.45, 2.75) is 38.8 Å². The molecule has 25 heavy (non-hydrogen) atoms. The molecule has 2 rings (SSSR count). The number of carbonyl (C=O) groups excluding carboxylic acids is 3. The van der Waals surface area contributed by atoms with Crippen molar-refractivity contribution in [3.63, 3.8) is 0 Å². The molecule has 1 atom stereocenters. The van der Waals surface area contributed by atoms with Gasteiger partial charge in [0.25, 0.3) is 11.7 Å². The van der Waals surface area contributed by atoms with E-state index in [0.29, 0.717) is 19.5 Å². The van der Waals surface area contributed by atoms with Gasteiger partial charge in [0.1, 0.15) is 6.04 Å². The molecule has 1 aliphatic rings. The molecule has 1 aromatic rings. The van der Waals surface area contributed by atoms with Gasteiger partial charge in [-0.2, -0.15) is 4.98 Å². The lowest BCUT2D eigenvalue weighted by Crippen LogP contribution is -2.59. The summed E-state index contributed by atoms with van der Waals surface area (Å²) in [7, 11) is 3.20. The van der Waals surface area contributed by atoms with Gasteiger partial charge in [-0.25, -0.2) is 4.79 Å². The van der Waals surface area contributed by atoms with E-state index >= 15 is 0 Å². The highest BCUT2D eigenvalue weighted by Gasteiger charge is 2.35. The van der Waals surface area contributed by atoms with Crippen molar-refractivity contribution in [3.05, 3.63) is 11.7 Å². The van der Waals surface area contributed by atoms with E-state index < -0.39 is 11.9 Å². The molecule has 0 radical (unpaired) electrons. The Hall–Kier alpha value is -2.65. The highest BCUT2D eigenvalue weighted by Crippen LogP contribution is 2.16. The van der Waals surface area contributed by atoms with E-state index in [1.807, 2.05) is 6.92 Å². The Morgan fingerprint density at radius 3 is 2.80 bits per heavy atom. The predicted octanol–water partition coefficient (Wildman–Crippen LogP) is -0.0284. The van der Waals surface area contributed by atoms with E-state index in [2.05, 4.69) is 20.8 Å². The molecule has 1 aliphatic heterocycles. The van der Waals surface area contributed by atoms with E-state index in [1.165, 1.54) is 7.05 Å². The van der Waals surface area contributed by atoms with Crippen LogP contribution in [0, 0.1) is 0 Å². The molecule has 138 valence electrons. The second-order valence-corrected chi connectivity index (χ2v) is 5.86. The minimum atomic E-state index is -0.467. The lowest BCUT2D eigenvalue weighted by Gasteiger charge is -2.39. The number of amides is 4. The van der Waals surface area contributed by atoms with Crippen molar-refractivity contribution in [1.82, 2.24) is 30.6 Å². The first-order valence-corrected chi connectivity index (χ1v) is 8.32. The van der Waals surface area contributed by atoms with Gasteiger partial charge in [-0.15, -0.1) is 0 Å². The largest absolute Gasteiger partial charge is 0.352 e. The summed E-state index contributed by atoms with van der Waals surface area (Å²) >= 11 is 0. The highest BCUT2D eigenvalue weighted by atomic mass is 16.5. The van der Waals surface area contributed by atoms with Crippen molar-refractivity contribution in [2.24, 2.45) is 0 Å². The van der Waals surface area contributed by atoms with Crippen molar-refractivity contribution in [3.8, 4) is 0 Å². The summed E-state index contributed by atoms with van der Waals surface area (Å²) in [5, 5.41) is 8.58. The summed E-state index contributed by atoms with van der Waals surface area (Å²) in [6.07, 6.45) is 2.45. The van der Waals surface area contributed by atoms with Crippen molar-refractivity contribution in [2.75, 3.05) is 27.2 Å². The van der Waals surface area contributed by atoms with Crippen LogP contribution in [0.1, 0.15) is 42.7 Å². The van der Waals surface area contributed by atoms with Gasteiger partial charge in [-0.05, 0) is 6.42 Å². The number of hydrogen-bond donors (Lipinski definition) is 2. The Kier molecular flexibility index (Phi) is 6.31. The van der Waals surface area contributed by atoms with E-state index in [-0.39, 0.29) is 30.2 Å². The fourth-order valence-electron chi connectivity index (χ4n) is 2.61. The third-order valence-electron chi connectivity index (χ3n) is 4.09. The lowest BCUT2D eigenvalue weighted by molar-refractivity contribution is -0.138. The van der Waals surface area contributed by atoms with E-state index in [0.717, 1.165) is 12.8 Å². The van der Waals surface area contributed by atoms with E-state index in [1.54, 1.807) is 16.8 Å². The second-order valence-electron chi connectivity index (χ2n) is 5.86. The van der Waals surface area contributed by atoms with Gasteiger partial charge in [-0.1, -0.05) is 24.9 Å². The summed E-state index contributed by atoms with van der Waals surface area (Å²) in [5.41, 5.74) is 0. The quantitative estimate of drug-likeness (QED) is 0.742. The third-order valence-corrected chi connectivity index (χ3v) is 4.09. The molecule has 10 nitrogen and oxygen atoms in total. The third kappa shape index (κ3) is 4.46. The summed E-state index contributed by atoms with van der Waals surface area (Å²) < 4.78 is 4.92. The summed E-state index contributed by atoms with van der Waals surface area (Å²) in [6, 6.07) is -0.815. The highest BCUT2D eigenvalue weighted by molar-refractivity contribution is 5.90. The number of hydrogen-bond acceptors (Lipinski definition) is 6. The first kappa shape index (κ1) is 18.7. The molecule has 1 saturated heterocycles. The van der Waals surface area contributed by atoms with Crippen LogP contribution in [-0.2, 0) is 11.3 Å². The van der Waals surface area contributed by atoms with Crippen LogP contribution in [0.2, 0.25) is 0 Å². The maximum absolute atomic E-state index is 12.5. The number of unbranched alkanes of at least 4 members (excludes halogenated alkanes) is 1. The zero-order valence-electron chi connectivity index (χ0n) is 14.7. The van der Waals surface area contributed by atoms with Crippen molar-refractivity contribution < 1.29 is 18.9 Å². The number of carbonyl (C=O) groups is 3. The normalized spacial score (nSPS) is 17.6. The standard InChI is InChI=1S/C15H24N6O4/c1-4-5-6-10-14(23)20(3)7-8-21(10)15(24)17-9-11-18-12(19-25-11)13(22)16-2/h10H,4-9H2,1-3H3,(H,16,22)(H,17,24)/t10-/m0/s1. The number of rotatable bonds is 6. The van der Waals surface area contributed by atoms with Gasteiger partial charge >= 0.3 is 6.03 Å². The Labute approximate surface area is 145 Å². The fourth-order valence-corrected chi connectivity index (χ4v) is 2.61. The first-order chi connectivity index (χ1) is 12.0. The molecular formula is C15H24N6O4. The molecule has 2 N–H and O–H groups in total. The molecular weight excluding hydrogens is 328 g/mol. The molecule has 10 heteroatoms. The Balaban J connectivity index is 1.97. The monoisotopic (exact) mass is 352 g/mol. The molecule has 1 aromatic heterocycles. The van der Waals surface area contributed by atoms with Crippen LogP contribution in [0.25, 0.3) is 0 Å². The molecule has 2 heterocycles. The number of likely N-dealkylation sites (N-methyl/N-ethyl adjacent to an activating group) is 1. The average molecular weight is 352 g/mol. The molecule has 0 aromatic carbocycles. The first-order valence-electron chi connectivity index (χ1n) is 8.32. The van der Waals surface area contributed by atoms with Crippen molar-refractivity contribution in [1.29, 1.82) is 0 Å². The minimum Gasteiger partial charge on any atom is -0.352 e. The number of piperazine rings is 1. The minimum absolute atomic E-state index is 0.0101. The van der Waals surface area contributed by atoms with Gasteiger partial charge in [0.15, 0.2) is 0 Å². The van der Waals surface area contributed by atoms with Crippen molar-refractivity contribution >= 4 is 17.8 Å². The van der Waals surface area contributed by atoms with Crippen LogP contribution in [0.3, 0.4) is 0 Å². The number of nitrogens with zero attached hydrogens (tertiary/aromatic N) is 4. The Morgan fingerprint density at radius 2 is 2.12 bits per heavy atom. The topological polar surface area (TPSA) is 121 Å². The SMILES string of the molecule is CCCC[C@H]1C(=O)N(C)CCN1C(=O)NCc1nc(C(=O)NC)no1. The van der Waals surface area contributed by atoms with Crippen LogP contribution in [0.15, 0.2) is 4.52 Å². The van der Waals surface area contributed by atoms with Crippen LogP contribution >= 0.6 is 0 Å². The number of urea groups is 1. The van der Waals surface area contributed by atoms with Gasteiger partial charge in [0.05, 0.1) is 6.54 Å². The molecule has 0 saturated carbocycles. The zero-order chi connectivity index (χ0) is 18.4. The van der Waals surface area contributed by atoms with Crippen LogP contribution < -0.4 is 10.6 Å².